The molecule has 5 heteroatoms. The van der Waals surface area contributed by atoms with Crippen LogP contribution < -0.4 is 10.2 Å². The van der Waals surface area contributed by atoms with Gasteiger partial charge in [-0.05, 0) is 44.2 Å². The lowest BCUT2D eigenvalue weighted by atomic mass is 10.0. The number of nitrogens with zero attached hydrogens (tertiary/aromatic N) is 2. The van der Waals surface area contributed by atoms with Gasteiger partial charge in [0.1, 0.15) is 12.0 Å². The Balaban J connectivity index is 1.67. The van der Waals surface area contributed by atoms with Crippen LogP contribution in [0.1, 0.15) is 38.9 Å². The lowest BCUT2D eigenvalue weighted by Gasteiger charge is -2.34. The van der Waals surface area contributed by atoms with Gasteiger partial charge in [-0.2, -0.15) is 0 Å². The predicted octanol–water partition coefficient (Wildman–Crippen LogP) is 2.59. The Hall–Kier alpha value is -1.33. The van der Waals surface area contributed by atoms with Gasteiger partial charge in [-0.3, -0.25) is 14.6 Å². The summed E-state index contributed by atoms with van der Waals surface area (Å²) in [6, 6.07) is 2.15. The number of hydrogen-bond acceptors (Lipinski definition) is 5. The highest BCUT2D eigenvalue weighted by Crippen LogP contribution is 2.32. The maximum absolute atomic E-state index is 11.9. The summed E-state index contributed by atoms with van der Waals surface area (Å²) < 4.78 is 10.6. The predicted molar refractivity (Wildman–Crippen MR) is 94.3 cm³/mol. The molecule has 1 aromatic heterocycles. The van der Waals surface area contributed by atoms with Gasteiger partial charge >= 0.3 is 0 Å². The number of ether oxygens (including phenoxy) is 1. The number of methoxy groups -OCH3 is 1. The van der Waals surface area contributed by atoms with E-state index in [9.17, 15) is 4.79 Å². The Morgan fingerprint density at radius 1 is 1.33 bits per heavy atom. The molecule has 0 aromatic carbocycles. The van der Waals surface area contributed by atoms with Crippen LogP contribution in [0.5, 0.6) is 5.75 Å². The van der Waals surface area contributed by atoms with Crippen LogP contribution in [0.25, 0.3) is 0 Å². The van der Waals surface area contributed by atoms with Gasteiger partial charge in [0, 0.05) is 25.2 Å². The van der Waals surface area contributed by atoms with Crippen molar-refractivity contribution in [2.45, 2.75) is 45.7 Å². The Kier molecular flexibility index (Phi) is 5.61. The second-order valence-corrected chi connectivity index (χ2v) is 7.62. The van der Waals surface area contributed by atoms with E-state index in [1.54, 1.807) is 6.07 Å². The van der Waals surface area contributed by atoms with E-state index in [-0.39, 0.29) is 11.2 Å². The first-order valence-electron chi connectivity index (χ1n) is 9.19. The maximum Gasteiger partial charge on any atom is 0.227 e. The first-order valence-corrected chi connectivity index (χ1v) is 9.19. The van der Waals surface area contributed by atoms with Gasteiger partial charge in [0.25, 0.3) is 0 Å². The van der Waals surface area contributed by atoms with Gasteiger partial charge in [0.15, 0.2) is 0 Å². The molecule has 1 aliphatic carbocycles. The molecule has 1 saturated heterocycles. The van der Waals surface area contributed by atoms with Crippen LogP contribution in [0.15, 0.2) is 21.5 Å². The smallest absolute Gasteiger partial charge is 0.227 e. The van der Waals surface area contributed by atoms with Gasteiger partial charge < -0.3 is 9.15 Å². The Bertz CT molecular complexity index is 595. The lowest BCUT2D eigenvalue weighted by molar-refractivity contribution is 0.128. The van der Waals surface area contributed by atoms with Crippen molar-refractivity contribution in [1.29, 1.82) is 0 Å². The van der Waals surface area contributed by atoms with E-state index in [4.69, 9.17) is 9.15 Å². The molecule has 0 N–H and O–H groups in total. The zero-order valence-electron chi connectivity index (χ0n) is 15.2. The van der Waals surface area contributed by atoms with Crippen LogP contribution in [0.2, 0.25) is 0 Å². The summed E-state index contributed by atoms with van der Waals surface area (Å²) in [6.07, 6.45) is 5.41. The fraction of sp³-hybridized carbons (Fsp3) is 0.737. The maximum atomic E-state index is 11.9. The highest BCUT2D eigenvalue weighted by Gasteiger charge is 2.32. The van der Waals surface area contributed by atoms with E-state index in [0.717, 1.165) is 24.8 Å². The van der Waals surface area contributed by atoms with Crippen molar-refractivity contribution in [2.24, 2.45) is 11.8 Å². The molecule has 0 bridgehead atoms. The summed E-state index contributed by atoms with van der Waals surface area (Å²) in [6.45, 7) is 9.87. The van der Waals surface area contributed by atoms with E-state index in [1.165, 1.54) is 45.7 Å². The van der Waals surface area contributed by atoms with Gasteiger partial charge in [0.2, 0.25) is 11.2 Å². The highest BCUT2D eigenvalue weighted by atomic mass is 16.5. The van der Waals surface area contributed by atoms with Crippen molar-refractivity contribution in [3.8, 4) is 5.75 Å². The van der Waals surface area contributed by atoms with Crippen molar-refractivity contribution in [3.63, 3.8) is 0 Å². The topological polar surface area (TPSA) is 45.9 Å². The quantitative estimate of drug-likeness (QED) is 0.800. The van der Waals surface area contributed by atoms with Gasteiger partial charge in [0.05, 0.1) is 13.7 Å². The zero-order chi connectivity index (χ0) is 17.1. The molecule has 1 aromatic rings. The Morgan fingerprint density at radius 3 is 2.75 bits per heavy atom. The minimum atomic E-state index is -0.107. The summed E-state index contributed by atoms with van der Waals surface area (Å²) >= 11 is 0. The molecule has 0 amide bonds. The molecule has 3 rings (SSSR count). The van der Waals surface area contributed by atoms with Crippen LogP contribution in [0, 0.1) is 11.8 Å². The van der Waals surface area contributed by atoms with E-state index in [2.05, 4.69) is 23.6 Å². The van der Waals surface area contributed by atoms with Crippen molar-refractivity contribution >= 4 is 0 Å². The molecule has 5 nitrogen and oxygen atoms in total. The summed E-state index contributed by atoms with van der Waals surface area (Å²) in [5, 5.41) is 0. The van der Waals surface area contributed by atoms with Gasteiger partial charge in [-0.25, -0.2) is 0 Å². The molecule has 0 radical (unpaired) electrons. The lowest BCUT2D eigenvalue weighted by Crippen LogP contribution is -2.45. The molecule has 134 valence electrons. The summed E-state index contributed by atoms with van der Waals surface area (Å²) in [5.41, 5.74) is -0.107. The van der Waals surface area contributed by atoms with Crippen LogP contribution >= 0.6 is 0 Å². The van der Waals surface area contributed by atoms with Crippen LogP contribution in [0.4, 0.5) is 0 Å². The second kappa shape index (κ2) is 7.70. The van der Waals surface area contributed by atoms with Crippen LogP contribution in [-0.4, -0.2) is 49.1 Å². The molecule has 1 saturated carbocycles. The van der Waals surface area contributed by atoms with Crippen molar-refractivity contribution in [1.82, 2.24) is 9.80 Å². The third kappa shape index (κ3) is 4.39. The van der Waals surface area contributed by atoms with E-state index < -0.39 is 0 Å². The fourth-order valence-corrected chi connectivity index (χ4v) is 3.66. The molecule has 1 aliphatic heterocycles. The molecule has 2 fully saturated rings. The molecule has 0 spiro atoms. The van der Waals surface area contributed by atoms with Crippen LogP contribution in [-0.2, 0) is 6.54 Å². The molecule has 2 heterocycles. The first kappa shape index (κ1) is 17.5. The fourth-order valence-electron chi connectivity index (χ4n) is 3.66. The standard InChI is InChI=1S/C19H30N2O3/c1-14(2)17-12-20(7-4-8-21(17)10-15-5-6-15)11-16-9-18(22)19(23-3)13-24-16/h9,13-15,17H,4-8,10-12H2,1-3H3/t17-/m1/s1. The molecular weight excluding hydrogens is 304 g/mol. The molecule has 1 atom stereocenters. The Morgan fingerprint density at radius 2 is 2.12 bits per heavy atom. The van der Waals surface area contributed by atoms with Crippen molar-refractivity contribution in [2.75, 3.05) is 33.3 Å². The highest BCUT2D eigenvalue weighted by molar-refractivity contribution is 5.17. The van der Waals surface area contributed by atoms with E-state index >= 15 is 0 Å². The van der Waals surface area contributed by atoms with Crippen molar-refractivity contribution in [3.05, 3.63) is 28.3 Å². The molecule has 0 unspecified atom stereocenters. The monoisotopic (exact) mass is 334 g/mol. The van der Waals surface area contributed by atoms with Crippen molar-refractivity contribution < 1.29 is 9.15 Å². The summed E-state index contributed by atoms with van der Waals surface area (Å²) in [4.78, 5) is 17.1. The van der Waals surface area contributed by atoms with E-state index in [0.29, 0.717) is 18.5 Å². The largest absolute Gasteiger partial charge is 0.490 e. The molecule has 24 heavy (non-hydrogen) atoms. The van der Waals surface area contributed by atoms with Gasteiger partial charge in [-0.15, -0.1) is 0 Å². The average Bonchev–Trinajstić information content (AvgIpc) is 3.36. The minimum absolute atomic E-state index is 0.107. The first-order chi connectivity index (χ1) is 11.6. The van der Waals surface area contributed by atoms with Crippen LogP contribution in [0.3, 0.4) is 0 Å². The number of rotatable bonds is 6. The van der Waals surface area contributed by atoms with E-state index in [1.807, 2.05) is 0 Å². The number of hydrogen-bond donors (Lipinski definition) is 0. The third-order valence-corrected chi connectivity index (χ3v) is 5.24. The van der Waals surface area contributed by atoms with Gasteiger partial charge in [-0.1, -0.05) is 13.8 Å². The third-order valence-electron chi connectivity index (χ3n) is 5.24. The summed E-state index contributed by atoms with van der Waals surface area (Å²) in [5.74, 6) is 2.55. The molecule has 2 aliphatic rings. The normalized spacial score (nSPS) is 23.4. The second-order valence-electron chi connectivity index (χ2n) is 7.62. The minimum Gasteiger partial charge on any atom is -0.490 e. The average molecular weight is 334 g/mol. The summed E-state index contributed by atoms with van der Waals surface area (Å²) in [7, 11) is 1.49. The Labute approximate surface area is 144 Å². The molecular formula is C19H30N2O3. The SMILES string of the molecule is COc1coc(CN2CCCN(CC3CC3)[C@@H](C(C)C)C2)cc1=O. The zero-order valence-corrected chi connectivity index (χ0v) is 15.2.